The Labute approximate surface area is 154 Å². The van der Waals surface area contributed by atoms with Gasteiger partial charge in [-0.15, -0.1) is 0 Å². The Kier molecular flexibility index (Phi) is 5.08. The quantitative estimate of drug-likeness (QED) is 0.847. The van der Waals surface area contributed by atoms with E-state index in [1.165, 1.54) is 17.8 Å². The first-order valence-electron chi connectivity index (χ1n) is 8.09. The summed E-state index contributed by atoms with van der Waals surface area (Å²) in [5.41, 5.74) is 6.98. The highest BCUT2D eigenvalue weighted by atomic mass is 32.2. The van der Waals surface area contributed by atoms with Crippen molar-refractivity contribution in [3.05, 3.63) is 71.0 Å². The molecule has 0 bridgehead atoms. The minimum Gasteiger partial charge on any atom is -0.366 e. The lowest BCUT2D eigenvalue weighted by molar-refractivity contribution is -0.121. The molecule has 1 aliphatic heterocycles. The first-order valence-corrected chi connectivity index (χ1v) is 8.90. The Balaban J connectivity index is 1.71. The maximum atomic E-state index is 13.6. The molecule has 0 aromatic heterocycles. The lowest BCUT2D eigenvalue weighted by Gasteiger charge is -2.19. The van der Waals surface area contributed by atoms with Gasteiger partial charge in [0.05, 0.1) is 0 Å². The number of nitrogens with zero attached hydrogens (tertiary/aromatic N) is 1. The van der Waals surface area contributed by atoms with Gasteiger partial charge in [0, 0.05) is 12.1 Å². The average molecular weight is 371 g/mol. The molecule has 134 valence electrons. The normalized spacial score (nSPS) is 21.0. The molecular formula is C19H18FN3O2S. The highest BCUT2D eigenvalue weighted by Gasteiger charge is 2.43. The summed E-state index contributed by atoms with van der Waals surface area (Å²) in [6, 6.07) is 13.2. The number of benzene rings is 2. The van der Waals surface area contributed by atoms with Gasteiger partial charge < -0.3 is 11.1 Å². The Morgan fingerprint density at radius 2 is 1.92 bits per heavy atom. The minimum absolute atomic E-state index is 0.182. The fraction of sp³-hybridized carbons (Fsp3) is 0.211. The van der Waals surface area contributed by atoms with E-state index in [9.17, 15) is 14.0 Å². The molecule has 26 heavy (non-hydrogen) atoms. The molecule has 0 saturated carbocycles. The molecule has 0 radical (unpaired) electrons. The Morgan fingerprint density at radius 1 is 1.23 bits per heavy atom. The third-order valence-electron chi connectivity index (χ3n) is 4.27. The summed E-state index contributed by atoms with van der Waals surface area (Å²) in [5, 5.41) is 3.28. The number of nitrogens with two attached hydrogens (primary N) is 1. The van der Waals surface area contributed by atoms with Crippen LogP contribution < -0.4 is 11.1 Å². The number of carbonyl (C=O) groups is 2. The van der Waals surface area contributed by atoms with Crippen LogP contribution in [0.25, 0.3) is 0 Å². The van der Waals surface area contributed by atoms with Gasteiger partial charge in [0.15, 0.2) is 5.17 Å². The van der Waals surface area contributed by atoms with E-state index < -0.39 is 10.7 Å². The molecule has 0 unspecified atom stereocenters. The van der Waals surface area contributed by atoms with Crippen LogP contribution in [0.2, 0.25) is 0 Å². The second kappa shape index (κ2) is 7.29. The van der Waals surface area contributed by atoms with Gasteiger partial charge in [-0.25, -0.2) is 4.39 Å². The molecule has 1 heterocycles. The van der Waals surface area contributed by atoms with Crippen molar-refractivity contribution < 1.29 is 14.0 Å². The monoisotopic (exact) mass is 371 g/mol. The van der Waals surface area contributed by atoms with E-state index >= 15 is 0 Å². The molecule has 5 nitrogen and oxygen atoms in total. The van der Waals surface area contributed by atoms with Crippen LogP contribution in [-0.2, 0) is 16.0 Å². The van der Waals surface area contributed by atoms with Gasteiger partial charge in [0.2, 0.25) is 11.8 Å². The molecule has 1 saturated heterocycles. The SMILES string of the molecule is C[C@@]1(c2ccc(C(N)=O)cc2)SC(=NCCc2ccccc2F)NC1=O. The van der Waals surface area contributed by atoms with Crippen LogP contribution in [0.4, 0.5) is 4.39 Å². The molecular weight excluding hydrogens is 353 g/mol. The van der Waals surface area contributed by atoms with E-state index in [2.05, 4.69) is 10.3 Å². The maximum Gasteiger partial charge on any atom is 0.248 e. The van der Waals surface area contributed by atoms with Crippen molar-refractivity contribution in [1.29, 1.82) is 0 Å². The van der Waals surface area contributed by atoms with Gasteiger partial charge >= 0.3 is 0 Å². The van der Waals surface area contributed by atoms with Crippen LogP contribution in [0.5, 0.6) is 0 Å². The summed E-state index contributed by atoms with van der Waals surface area (Å²) in [6.45, 7) is 2.17. The standard InChI is InChI=1S/C19H18FN3O2S/c1-19(14-8-6-13(7-9-14)16(21)24)17(25)23-18(26-19)22-11-10-12-4-2-3-5-15(12)20/h2-9H,10-11H2,1H3,(H2,21,24)(H,22,23,25)/t19-/m0/s1. The Bertz CT molecular complexity index is 883. The fourth-order valence-electron chi connectivity index (χ4n) is 2.68. The van der Waals surface area contributed by atoms with Crippen LogP contribution in [0, 0.1) is 5.82 Å². The molecule has 1 fully saturated rings. The number of thioether (sulfide) groups is 1. The summed E-state index contributed by atoms with van der Waals surface area (Å²) >= 11 is 1.31. The number of hydrogen-bond donors (Lipinski definition) is 2. The zero-order chi connectivity index (χ0) is 18.7. The van der Waals surface area contributed by atoms with E-state index in [4.69, 9.17) is 5.73 Å². The highest BCUT2D eigenvalue weighted by Crippen LogP contribution is 2.41. The van der Waals surface area contributed by atoms with Crippen LogP contribution >= 0.6 is 11.8 Å². The van der Waals surface area contributed by atoms with Crippen LogP contribution in [0.3, 0.4) is 0 Å². The molecule has 3 N–H and O–H groups in total. The number of aliphatic imine (C=N–C) groups is 1. The molecule has 2 aromatic rings. The Morgan fingerprint density at radius 3 is 2.58 bits per heavy atom. The number of carbonyl (C=O) groups excluding carboxylic acids is 2. The zero-order valence-electron chi connectivity index (χ0n) is 14.2. The molecule has 1 atom stereocenters. The van der Waals surface area contributed by atoms with Crippen molar-refractivity contribution >= 4 is 28.7 Å². The van der Waals surface area contributed by atoms with Crippen molar-refractivity contribution in [2.45, 2.75) is 18.1 Å². The summed E-state index contributed by atoms with van der Waals surface area (Å²) < 4.78 is 12.8. The predicted molar refractivity (Wildman–Crippen MR) is 100 cm³/mol. The minimum atomic E-state index is -0.840. The summed E-state index contributed by atoms with van der Waals surface area (Å²) in [5.74, 6) is -0.949. The molecule has 1 aliphatic rings. The predicted octanol–water partition coefficient (Wildman–Crippen LogP) is 2.60. The van der Waals surface area contributed by atoms with E-state index in [-0.39, 0.29) is 11.7 Å². The summed E-state index contributed by atoms with van der Waals surface area (Å²) in [6.07, 6.45) is 0.455. The highest BCUT2D eigenvalue weighted by molar-refractivity contribution is 8.15. The largest absolute Gasteiger partial charge is 0.366 e. The second-order valence-electron chi connectivity index (χ2n) is 6.06. The van der Waals surface area contributed by atoms with Gasteiger partial charge in [-0.1, -0.05) is 42.1 Å². The molecule has 2 amide bonds. The number of amidine groups is 1. The van der Waals surface area contributed by atoms with Crippen LogP contribution in [0.15, 0.2) is 53.5 Å². The third kappa shape index (κ3) is 3.62. The number of halogens is 1. The first kappa shape index (κ1) is 18.1. The summed E-state index contributed by atoms with van der Waals surface area (Å²) in [7, 11) is 0. The third-order valence-corrected chi connectivity index (χ3v) is 5.52. The van der Waals surface area contributed by atoms with Gasteiger partial charge in [-0.05, 0) is 42.7 Å². The molecule has 3 rings (SSSR count). The average Bonchev–Trinajstić information content (AvgIpc) is 2.92. The lowest BCUT2D eigenvalue weighted by atomic mass is 9.98. The van der Waals surface area contributed by atoms with Crippen LogP contribution in [0.1, 0.15) is 28.4 Å². The van der Waals surface area contributed by atoms with Crippen molar-refractivity contribution in [3.8, 4) is 0 Å². The summed E-state index contributed by atoms with van der Waals surface area (Å²) in [4.78, 5) is 28.0. The molecule has 7 heteroatoms. The van der Waals surface area contributed by atoms with Crippen LogP contribution in [-0.4, -0.2) is 23.5 Å². The second-order valence-corrected chi connectivity index (χ2v) is 7.47. The number of hydrogen-bond acceptors (Lipinski definition) is 4. The maximum absolute atomic E-state index is 13.6. The van der Waals surface area contributed by atoms with E-state index in [0.29, 0.717) is 29.3 Å². The van der Waals surface area contributed by atoms with Gasteiger partial charge in [-0.2, -0.15) is 0 Å². The number of amides is 2. The number of nitrogens with one attached hydrogen (secondary N) is 1. The number of primary amides is 1. The van der Waals surface area contributed by atoms with Crippen molar-refractivity contribution in [1.82, 2.24) is 5.32 Å². The zero-order valence-corrected chi connectivity index (χ0v) is 15.0. The van der Waals surface area contributed by atoms with Gasteiger partial charge in [-0.3, -0.25) is 14.6 Å². The molecule has 2 aromatic carbocycles. The molecule has 0 spiro atoms. The topological polar surface area (TPSA) is 84.6 Å². The van der Waals surface area contributed by atoms with E-state index in [1.807, 2.05) is 0 Å². The van der Waals surface area contributed by atoms with Crippen molar-refractivity contribution in [2.75, 3.05) is 6.54 Å². The molecule has 0 aliphatic carbocycles. The van der Waals surface area contributed by atoms with E-state index in [0.717, 1.165) is 5.56 Å². The number of rotatable bonds is 5. The smallest absolute Gasteiger partial charge is 0.248 e. The van der Waals surface area contributed by atoms with E-state index in [1.54, 1.807) is 49.4 Å². The van der Waals surface area contributed by atoms with Crippen molar-refractivity contribution in [2.24, 2.45) is 10.7 Å². The fourth-order valence-corrected chi connectivity index (χ4v) is 3.76. The first-order chi connectivity index (χ1) is 12.4. The Hall–Kier alpha value is -2.67. The van der Waals surface area contributed by atoms with Gasteiger partial charge in [0.25, 0.3) is 0 Å². The lowest BCUT2D eigenvalue weighted by Crippen LogP contribution is -2.31. The van der Waals surface area contributed by atoms with Gasteiger partial charge in [0.1, 0.15) is 10.6 Å². The van der Waals surface area contributed by atoms with Crippen molar-refractivity contribution in [3.63, 3.8) is 0 Å².